The first kappa shape index (κ1) is 12.8. The Kier molecular flexibility index (Phi) is 3.26. The molecule has 5 nitrogen and oxygen atoms in total. The Labute approximate surface area is 118 Å². The summed E-state index contributed by atoms with van der Waals surface area (Å²) in [6.07, 6.45) is 4.75. The van der Waals surface area contributed by atoms with Gasteiger partial charge in [-0.1, -0.05) is 25.0 Å². The third-order valence-electron chi connectivity index (χ3n) is 4.06. The highest BCUT2D eigenvalue weighted by Gasteiger charge is 2.25. The molecule has 106 valence electrons. The lowest BCUT2D eigenvalue weighted by Gasteiger charge is -2.08. The summed E-state index contributed by atoms with van der Waals surface area (Å²) in [4.78, 5) is 4.70. The maximum Gasteiger partial charge on any atom is 0.150 e. The fourth-order valence-corrected chi connectivity index (χ4v) is 2.97. The predicted molar refractivity (Wildman–Crippen MR) is 80.0 cm³/mol. The van der Waals surface area contributed by atoms with Crippen molar-refractivity contribution in [1.29, 1.82) is 0 Å². The molecule has 2 aromatic rings. The third-order valence-corrected chi connectivity index (χ3v) is 4.06. The van der Waals surface area contributed by atoms with Gasteiger partial charge in [0.25, 0.3) is 0 Å². The van der Waals surface area contributed by atoms with Gasteiger partial charge in [-0.15, -0.1) is 0 Å². The molecule has 1 fully saturated rings. The van der Waals surface area contributed by atoms with Gasteiger partial charge < -0.3 is 16.3 Å². The lowest BCUT2D eigenvalue weighted by Crippen LogP contribution is -2.17. The molecule has 1 heterocycles. The lowest BCUT2D eigenvalue weighted by molar-refractivity contribution is 0.416. The van der Waals surface area contributed by atoms with Crippen molar-refractivity contribution in [3.63, 3.8) is 0 Å². The van der Waals surface area contributed by atoms with Gasteiger partial charge in [0.1, 0.15) is 17.3 Å². The first-order valence-corrected chi connectivity index (χ1v) is 6.99. The molecule has 1 aromatic heterocycles. The van der Waals surface area contributed by atoms with Crippen molar-refractivity contribution in [1.82, 2.24) is 9.66 Å². The molecule has 4 N–H and O–H groups in total. The lowest BCUT2D eigenvalue weighted by atomic mass is 10.1. The smallest absolute Gasteiger partial charge is 0.150 e. The maximum absolute atomic E-state index is 6.15. The first-order chi connectivity index (χ1) is 9.72. The number of imidazole rings is 1. The number of anilines is 1. The number of benzene rings is 1. The summed E-state index contributed by atoms with van der Waals surface area (Å²) >= 11 is 0. The van der Waals surface area contributed by atoms with Gasteiger partial charge in [0.05, 0.1) is 7.11 Å². The van der Waals surface area contributed by atoms with E-state index in [1.807, 2.05) is 24.3 Å². The number of nitrogens with zero attached hydrogens (tertiary/aromatic N) is 2. The quantitative estimate of drug-likeness (QED) is 0.841. The van der Waals surface area contributed by atoms with Gasteiger partial charge >= 0.3 is 0 Å². The molecule has 0 spiro atoms. The van der Waals surface area contributed by atoms with Gasteiger partial charge in [0, 0.05) is 11.5 Å². The molecule has 0 aliphatic heterocycles. The Hall–Kier alpha value is -2.17. The van der Waals surface area contributed by atoms with E-state index in [1.54, 1.807) is 7.11 Å². The molecule has 20 heavy (non-hydrogen) atoms. The minimum atomic E-state index is 0.422. The maximum atomic E-state index is 6.15. The molecule has 0 bridgehead atoms. The van der Waals surface area contributed by atoms with Crippen LogP contribution in [0.25, 0.3) is 11.3 Å². The Bertz CT molecular complexity index is 614. The predicted octanol–water partition coefficient (Wildman–Crippen LogP) is 2.51. The first-order valence-electron chi connectivity index (χ1n) is 6.99. The van der Waals surface area contributed by atoms with Gasteiger partial charge in [-0.05, 0) is 25.0 Å². The molecule has 1 aromatic carbocycles. The van der Waals surface area contributed by atoms with Crippen LogP contribution in [0.15, 0.2) is 24.3 Å². The van der Waals surface area contributed by atoms with Crippen LogP contribution < -0.4 is 16.3 Å². The van der Waals surface area contributed by atoms with E-state index in [4.69, 9.17) is 21.3 Å². The average molecular weight is 272 g/mol. The summed E-state index contributed by atoms with van der Waals surface area (Å²) in [7, 11) is 1.65. The molecule has 0 unspecified atom stereocenters. The minimum Gasteiger partial charge on any atom is -0.496 e. The number of aromatic nitrogens is 2. The van der Waals surface area contributed by atoms with Crippen LogP contribution in [0, 0.1) is 0 Å². The molecule has 0 amide bonds. The summed E-state index contributed by atoms with van der Waals surface area (Å²) in [5.41, 5.74) is 7.75. The molecular weight excluding hydrogens is 252 g/mol. The number of rotatable bonds is 3. The van der Waals surface area contributed by atoms with Gasteiger partial charge in [0.15, 0.2) is 5.82 Å². The molecule has 1 aliphatic rings. The van der Waals surface area contributed by atoms with Crippen LogP contribution in [0.2, 0.25) is 0 Å². The van der Waals surface area contributed by atoms with E-state index < -0.39 is 0 Å². The van der Waals surface area contributed by atoms with Crippen molar-refractivity contribution in [2.75, 3.05) is 18.7 Å². The second-order valence-corrected chi connectivity index (χ2v) is 5.26. The van der Waals surface area contributed by atoms with Crippen LogP contribution in [0.3, 0.4) is 0 Å². The number of hydrogen-bond donors (Lipinski definition) is 2. The van der Waals surface area contributed by atoms with Crippen molar-refractivity contribution in [2.45, 2.75) is 31.6 Å². The third kappa shape index (κ3) is 1.99. The average Bonchev–Trinajstić information content (AvgIpc) is 3.09. The van der Waals surface area contributed by atoms with Gasteiger partial charge in [-0.2, -0.15) is 0 Å². The summed E-state index contributed by atoms with van der Waals surface area (Å²) in [6.45, 7) is 0. The van der Waals surface area contributed by atoms with Crippen molar-refractivity contribution in [2.24, 2.45) is 0 Å². The van der Waals surface area contributed by atoms with Crippen LogP contribution in [-0.2, 0) is 0 Å². The summed E-state index contributed by atoms with van der Waals surface area (Å²) in [6, 6.07) is 7.73. The number of nitrogens with two attached hydrogens (primary N) is 2. The normalized spacial score (nSPS) is 15.7. The van der Waals surface area contributed by atoms with Crippen molar-refractivity contribution in [3.8, 4) is 17.0 Å². The highest BCUT2D eigenvalue weighted by Crippen LogP contribution is 2.38. The molecule has 1 saturated carbocycles. The van der Waals surface area contributed by atoms with Crippen LogP contribution in [0.1, 0.15) is 37.4 Å². The minimum absolute atomic E-state index is 0.422. The van der Waals surface area contributed by atoms with E-state index in [1.165, 1.54) is 17.5 Å². The van der Waals surface area contributed by atoms with Crippen molar-refractivity contribution in [3.05, 3.63) is 30.1 Å². The number of nitrogen functional groups attached to an aromatic ring is 2. The van der Waals surface area contributed by atoms with E-state index in [2.05, 4.69) is 0 Å². The Morgan fingerprint density at radius 1 is 1.25 bits per heavy atom. The highest BCUT2D eigenvalue weighted by molar-refractivity contribution is 5.76. The molecule has 0 saturated heterocycles. The van der Waals surface area contributed by atoms with Crippen LogP contribution in [-0.4, -0.2) is 16.8 Å². The molecule has 1 aliphatic carbocycles. The molecule has 5 heteroatoms. The van der Waals surface area contributed by atoms with Gasteiger partial charge in [-0.25, -0.2) is 9.66 Å². The molecular formula is C15H20N4O. The van der Waals surface area contributed by atoms with Crippen LogP contribution in [0.5, 0.6) is 5.75 Å². The fourth-order valence-electron chi connectivity index (χ4n) is 2.97. The van der Waals surface area contributed by atoms with Gasteiger partial charge in [-0.3, -0.25) is 0 Å². The standard InChI is InChI=1S/C15H20N4O/c1-20-12-9-5-4-8-11(12)13-14(16)19(17)15(18-13)10-6-2-3-7-10/h4-5,8-10H,2-3,6-7,16-17H2,1H3. The van der Waals surface area contributed by atoms with E-state index in [0.717, 1.165) is 30.0 Å². The molecule has 0 atom stereocenters. The summed E-state index contributed by atoms with van der Waals surface area (Å²) in [5, 5.41) is 0. The highest BCUT2D eigenvalue weighted by atomic mass is 16.5. The number of para-hydroxylation sites is 1. The largest absolute Gasteiger partial charge is 0.496 e. The number of ether oxygens (including phenoxy) is 1. The zero-order valence-corrected chi connectivity index (χ0v) is 11.7. The van der Waals surface area contributed by atoms with Crippen LogP contribution >= 0.6 is 0 Å². The SMILES string of the molecule is COc1ccccc1-c1nc(C2CCCC2)n(N)c1N. The zero-order valence-electron chi connectivity index (χ0n) is 11.7. The van der Waals surface area contributed by atoms with Crippen molar-refractivity contribution < 1.29 is 4.74 Å². The second kappa shape index (κ2) is 5.07. The Balaban J connectivity index is 2.08. The summed E-state index contributed by atoms with van der Waals surface area (Å²) < 4.78 is 6.92. The summed E-state index contributed by atoms with van der Waals surface area (Å²) in [5.74, 6) is 8.67. The topological polar surface area (TPSA) is 79.1 Å². The van der Waals surface area contributed by atoms with E-state index in [-0.39, 0.29) is 0 Å². The molecule has 3 rings (SSSR count). The zero-order chi connectivity index (χ0) is 14.1. The Morgan fingerprint density at radius 3 is 2.65 bits per heavy atom. The van der Waals surface area contributed by atoms with E-state index in [9.17, 15) is 0 Å². The number of hydrogen-bond acceptors (Lipinski definition) is 4. The van der Waals surface area contributed by atoms with E-state index >= 15 is 0 Å². The monoisotopic (exact) mass is 272 g/mol. The van der Waals surface area contributed by atoms with Gasteiger partial charge in [0.2, 0.25) is 0 Å². The molecule has 0 radical (unpaired) electrons. The van der Waals surface area contributed by atoms with Crippen molar-refractivity contribution >= 4 is 5.82 Å². The fraction of sp³-hybridized carbons (Fsp3) is 0.400. The second-order valence-electron chi connectivity index (χ2n) is 5.26. The van der Waals surface area contributed by atoms with E-state index in [0.29, 0.717) is 17.4 Å². The van der Waals surface area contributed by atoms with Crippen LogP contribution in [0.4, 0.5) is 5.82 Å². The number of methoxy groups -OCH3 is 1. The Morgan fingerprint density at radius 2 is 1.95 bits per heavy atom.